The number of nitrogens with zero attached hydrogens (tertiary/aromatic N) is 1. The standard InChI is InChI=1S/C12H17N3O/c1-15-11(6-7-14-12(15)16)10-5-3-2-4-9(10)8-13/h2-5,11H,6-8,13H2,1H3,(H,14,16). The molecule has 4 nitrogen and oxygen atoms in total. The van der Waals surface area contributed by atoms with E-state index in [0.717, 1.165) is 18.5 Å². The van der Waals surface area contributed by atoms with Crippen LogP contribution in [-0.2, 0) is 6.54 Å². The molecule has 2 rings (SSSR count). The second-order valence-corrected chi connectivity index (χ2v) is 4.05. The molecule has 1 unspecified atom stereocenters. The fourth-order valence-electron chi connectivity index (χ4n) is 2.19. The normalized spacial score (nSPS) is 20.8. The molecule has 4 heteroatoms. The van der Waals surface area contributed by atoms with Gasteiger partial charge in [0.05, 0.1) is 6.04 Å². The minimum atomic E-state index is -0.0110. The van der Waals surface area contributed by atoms with Gasteiger partial charge in [0.25, 0.3) is 0 Å². The summed E-state index contributed by atoms with van der Waals surface area (Å²) in [5.74, 6) is 0. The van der Waals surface area contributed by atoms with Gasteiger partial charge in [0, 0.05) is 20.1 Å². The molecule has 0 aromatic heterocycles. The van der Waals surface area contributed by atoms with Crippen molar-refractivity contribution in [2.24, 2.45) is 5.73 Å². The van der Waals surface area contributed by atoms with E-state index in [0.29, 0.717) is 6.54 Å². The Morgan fingerprint density at radius 1 is 1.50 bits per heavy atom. The van der Waals surface area contributed by atoms with Gasteiger partial charge < -0.3 is 16.0 Å². The summed E-state index contributed by atoms with van der Waals surface area (Å²) in [6.45, 7) is 1.24. The number of urea groups is 1. The fraction of sp³-hybridized carbons (Fsp3) is 0.417. The summed E-state index contributed by atoms with van der Waals surface area (Å²) in [6.07, 6.45) is 0.930. The molecule has 0 radical (unpaired) electrons. The van der Waals surface area contributed by atoms with Crippen molar-refractivity contribution in [2.45, 2.75) is 19.0 Å². The molecular weight excluding hydrogens is 202 g/mol. The lowest BCUT2D eigenvalue weighted by Crippen LogP contribution is -2.46. The highest BCUT2D eigenvalue weighted by atomic mass is 16.2. The number of carbonyl (C=O) groups excluding carboxylic acids is 1. The van der Waals surface area contributed by atoms with Gasteiger partial charge in [0.2, 0.25) is 0 Å². The van der Waals surface area contributed by atoms with Crippen molar-refractivity contribution in [1.29, 1.82) is 0 Å². The molecule has 1 fully saturated rings. The zero-order valence-corrected chi connectivity index (χ0v) is 9.44. The lowest BCUT2D eigenvalue weighted by molar-refractivity contribution is 0.171. The van der Waals surface area contributed by atoms with Crippen LogP contribution >= 0.6 is 0 Å². The third-order valence-electron chi connectivity index (χ3n) is 3.12. The first-order valence-corrected chi connectivity index (χ1v) is 5.52. The maximum absolute atomic E-state index is 11.6. The first kappa shape index (κ1) is 11.0. The van der Waals surface area contributed by atoms with Crippen molar-refractivity contribution in [2.75, 3.05) is 13.6 Å². The van der Waals surface area contributed by atoms with Crippen LogP contribution < -0.4 is 11.1 Å². The van der Waals surface area contributed by atoms with Crippen molar-refractivity contribution < 1.29 is 4.79 Å². The molecule has 2 amide bonds. The van der Waals surface area contributed by atoms with Crippen LogP contribution in [0.15, 0.2) is 24.3 Å². The quantitative estimate of drug-likeness (QED) is 0.786. The van der Waals surface area contributed by atoms with Gasteiger partial charge in [0.15, 0.2) is 0 Å². The van der Waals surface area contributed by atoms with Crippen LogP contribution in [0.4, 0.5) is 4.79 Å². The summed E-state index contributed by atoms with van der Waals surface area (Å²) in [4.78, 5) is 13.3. The first-order valence-electron chi connectivity index (χ1n) is 5.52. The Labute approximate surface area is 95.4 Å². The van der Waals surface area contributed by atoms with Crippen LogP contribution in [0.25, 0.3) is 0 Å². The van der Waals surface area contributed by atoms with Crippen molar-refractivity contribution in [3.63, 3.8) is 0 Å². The van der Waals surface area contributed by atoms with E-state index in [2.05, 4.69) is 11.4 Å². The minimum absolute atomic E-state index is 0.0110. The van der Waals surface area contributed by atoms with Crippen LogP contribution in [0.3, 0.4) is 0 Å². The topological polar surface area (TPSA) is 58.4 Å². The summed E-state index contributed by atoms with van der Waals surface area (Å²) >= 11 is 0. The number of amides is 2. The monoisotopic (exact) mass is 219 g/mol. The summed E-state index contributed by atoms with van der Waals surface area (Å²) in [5.41, 5.74) is 8.01. The zero-order valence-electron chi connectivity index (χ0n) is 9.44. The number of rotatable bonds is 2. The molecular formula is C12H17N3O. The molecule has 1 atom stereocenters. The predicted octanol–water partition coefficient (Wildman–Crippen LogP) is 1.23. The van der Waals surface area contributed by atoms with Gasteiger partial charge >= 0.3 is 6.03 Å². The van der Waals surface area contributed by atoms with Crippen molar-refractivity contribution in [1.82, 2.24) is 10.2 Å². The van der Waals surface area contributed by atoms with Crippen LogP contribution in [0.1, 0.15) is 23.6 Å². The van der Waals surface area contributed by atoms with E-state index in [-0.39, 0.29) is 12.1 Å². The average molecular weight is 219 g/mol. The summed E-state index contributed by atoms with van der Waals surface area (Å²) in [5, 5.41) is 2.82. The van der Waals surface area contributed by atoms with Gasteiger partial charge in [-0.15, -0.1) is 0 Å². The van der Waals surface area contributed by atoms with E-state index in [9.17, 15) is 4.79 Å². The second kappa shape index (κ2) is 4.53. The highest BCUT2D eigenvalue weighted by Gasteiger charge is 2.26. The van der Waals surface area contributed by atoms with Gasteiger partial charge in [-0.25, -0.2) is 4.79 Å². The number of hydrogen-bond acceptors (Lipinski definition) is 2. The van der Waals surface area contributed by atoms with E-state index in [1.165, 1.54) is 5.56 Å². The van der Waals surface area contributed by atoms with Gasteiger partial charge in [-0.05, 0) is 17.5 Å². The van der Waals surface area contributed by atoms with Crippen molar-refractivity contribution in [3.8, 4) is 0 Å². The molecule has 1 heterocycles. The molecule has 16 heavy (non-hydrogen) atoms. The van der Waals surface area contributed by atoms with Gasteiger partial charge in [-0.1, -0.05) is 24.3 Å². The Balaban J connectivity index is 2.32. The molecule has 86 valence electrons. The third-order valence-corrected chi connectivity index (χ3v) is 3.12. The van der Waals surface area contributed by atoms with Gasteiger partial charge in [-0.2, -0.15) is 0 Å². The molecule has 0 aliphatic carbocycles. The maximum atomic E-state index is 11.6. The lowest BCUT2D eigenvalue weighted by Gasteiger charge is -2.34. The highest BCUT2D eigenvalue weighted by Crippen LogP contribution is 2.27. The third kappa shape index (κ3) is 1.88. The van der Waals surface area contributed by atoms with Crippen LogP contribution in [0.5, 0.6) is 0 Å². The SMILES string of the molecule is CN1C(=O)NCCC1c1ccccc1CN. The molecule has 1 aliphatic rings. The Bertz CT molecular complexity index is 392. The summed E-state index contributed by atoms with van der Waals surface area (Å²) in [6, 6.07) is 8.19. The molecule has 1 saturated heterocycles. The number of benzene rings is 1. The van der Waals surface area contributed by atoms with Gasteiger partial charge in [-0.3, -0.25) is 0 Å². The Morgan fingerprint density at radius 2 is 2.25 bits per heavy atom. The average Bonchev–Trinajstić information content (AvgIpc) is 2.33. The Hall–Kier alpha value is -1.55. The molecule has 3 N–H and O–H groups in total. The lowest BCUT2D eigenvalue weighted by atomic mass is 9.96. The second-order valence-electron chi connectivity index (χ2n) is 4.05. The molecule has 1 aromatic rings. The zero-order chi connectivity index (χ0) is 11.5. The van der Waals surface area contributed by atoms with E-state index in [4.69, 9.17) is 5.73 Å². The molecule has 0 spiro atoms. The number of nitrogens with two attached hydrogens (primary N) is 1. The predicted molar refractivity (Wildman–Crippen MR) is 62.9 cm³/mol. The van der Waals surface area contributed by atoms with Crippen LogP contribution in [0.2, 0.25) is 0 Å². The molecule has 0 bridgehead atoms. The number of carbonyl (C=O) groups is 1. The van der Waals surface area contributed by atoms with E-state index >= 15 is 0 Å². The van der Waals surface area contributed by atoms with E-state index in [1.807, 2.05) is 25.2 Å². The highest BCUT2D eigenvalue weighted by molar-refractivity contribution is 5.75. The van der Waals surface area contributed by atoms with Gasteiger partial charge in [0.1, 0.15) is 0 Å². The number of nitrogens with one attached hydrogen (secondary N) is 1. The minimum Gasteiger partial charge on any atom is -0.338 e. The number of hydrogen-bond donors (Lipinski definition) is 2. The smallest absolute Gasteiger partial charge is 0.317 e. The molecule has 1 aliphatic heterocycles. The first-order chi connectivity index (χ1) is 7.74. The van der Waals surface area contributed by atoms with Crippen LogP contribution in [0, 0.1) is 0 Å². The summed E-state index contributed by atoms with van der Waals surface area (Å²) in [7, 11) is 1.83. The Morgan fingerprint density at radius 3 is 3.00 bits per heavy atom. The van der Waals surface area contributed by atoms with Crippen molar-refractivity contribution in [3.05, 3.63) is 35.4 Å². The molecule has 1 aromatic carbocycles. The molecule has 0 saturated carbocycles. The Kier molecular flexibility index (Phi) is 3.10. The summed E-state index contributed by atoms with van der Waals surface area (Å²) < 4.78 is 0. The van der Waals surface area contributed by atoms with Crippen LogP contribution in [-0.4, -0.2) is 24.5 Å². The maximum Gasteiger partial charge on any atom is 0.317 e. The van der Waals surface area contributed by atoms with Crippen molar-refractivity contribution >= 4 is 6.03 Å². The largest absolute Gasteiger partial charge is 0.338 e. The van der Waals surface area contributed by atoms with E-state index in [1.54, 1.807) is 4.90 Å². The van der Waals surface area contributed by atoms with E-state index < -0.39 is 0 Å². The fourth-order valence-corrected chi connectivity index (χ4v) is 2.19.